The van der Waals surface area contributed by atoms with Gasteiger partial charge in [0.15, 0.2) is 0 Å². The maximum absolute atomic E-state index is 12.9. The number of piperidine rings is 1. The van der Waals surface area contributed by atoms with Crippen LogP contribution in [0.5, 0.6) is 17.5 Å². The van der Waals surface area contributed by atoms with Crippen LogP contribution in [0.1, 0.15) is 38.2 Å². The Balaban J connectivity index is 1.25. The van der Waals surface area contributed by atoms with Crippen LogP contribution in [0.3, 0.4) is 0 Å². The minimum Gasteiger partial charge on any atom is -0.497 e. The summed E-state index contributed by atoms with van der Waals surface area (Å²) in [6.07, 6.45) is 4.80. The zero-order chi connectivity index (χ0) is 25.1. The van der Waals surface area contributed by atoms with E-state index in [-0.39, 0.29) is 24.4 Å². The van der Waals surface area contributed by atoms with E-state index in [9.17, 15) is 4.79 Å². The third-order valence-corrected chi connectivity index (χ3v) is 7.04. The van der Waals surface area contributed by atoms with Crippen LogP contribution < -0.4 is 19.5 Å². The maximum Gasteiger partial charge on any atom is 0.316 e. The van der Waals surface area contributed by atoms with E-state index in [0.29, 0.717) is 22.7 Å². The first kappa shape index (κ1) is 23.9. The number of benzene rings is 1. The molecule has 2 aromatic heterocycles. The molecule has 2 aliphatic rings. The lowest BCUT2D eigenvalue weighted by molar-refractivity contribution is -0.133. The molecule has 190 valence electrons. The second kappa shape index (κ2) is 10.0. The Kier molecular flexibility index (Phi) is 6.67. The summed E-state index contributed by atoms with van der Waals surface area (Å²) < 4.78 is 22.3. The predicted octanol–water partition coefficient (Wildman–Crippen LogP) is 3.93. The molecule has 0 bridgehead atoms. The first-order chi connectivity index (χ1) is 17.5. The second-order valence-electron chi connectivity index (χ2n) is 9.45. The van der Waals surface area contributed by atoms with Crippen molar-refractivity contribution in [3.05, 3.63) is 42.0 Å². The van der Waals surface area contributed by atoms with Gasteiger partial charge in [0.25, 0.3) is 5.89 Å². The van der Waals surface area contributed by atoms with E-state index in [1.165, 1.54) is 20.0 Å². The van der Waals surface area contributed by atoms with E-state index >= 15 is 0 Å². The van der Waals surface area contributed by atoms with Crippen molar-refractivity contribution in [1.29, 1.82) is 0 Å². The molecule has 1 atom stereocenters. The molecule has 1 amide bonds. The van der Waals surface area contributed by atoms with Gasteiger partial charge in [-0.05, 0) is 61.8 Å². The van der Waals surface area contributed by atoms with Crippen LogP contribution in [-0.4, -0.2) is 59.3 Å². The van der Waals surface area contributed by atoms with Crippen LogP contribution in [-0.2, 0) is 11.4 Å². The van der Waals surface area contributed by atoms with Gasteiger partial charge in [-0.25, -0.2) is 0 Å². The van der Waals surface area contributed by atoms with Crippen molar-refractivity contribution >= 4 is 11.9 Å². The number of carbonyl (C=O) groups excluding carboxylic acids is 1. The van der Waals surface area contributed by atoms with Crippen LogP contribution in [0, 0.1) is 5.41 Å². The number of amides is 1. The molecule has 1 aromatic carbocycles. The Morgan fingerprint density at radius 1 is 1.06 bits per heavy atom. The third kappa shape index (κ3) is 5.22. The van der Waals surface area contributed by atoms with Gasteiger partial charge in [-0.1, -0.05) is 17.2 Å². The highest BCUT2D eigenvalue weighted by Gasteiger charge is 2.45. The van der Waals surface area contributed by atoms with Gasteiger partial charge in [-0.3, -0.25) is 4.79 Å². The molecule has 1 aliphatic heterocycles. The van der Waals surface area contributed by atoms with E-state index in [0.717, 1.165) is 37.2 Å². The van der Waals surface area contributed by atoms with Crippen molar-refractivity contribution in [3.8, 4) is 29.0 Å². The fourth-order valence-electron chi connectivity index (χ4n) is 4.47. The summed E-state index contributed by atoms with van der Waals surface area (Å²) in [6, 6.07) is 10.7. The number of methoxy groups -OCH3 is 2. The van der Waals surface area contributed by atoms with E-state index in [1.807, 2.05) is 36.1 Å². The Morgan fingerprint density at radius 2 is 1.81 bits per heavy atom. The zero-order valence-electron chi connectivity index (χ0n) is 20.8. The molecule has 2 fully saturated rings. The van der Waals surface area contributed by atoms with Crippen LogP contribution in [0.4, 0.5) is 6.01 Å². The summed E-state index contributed by atoms with van der Waals surface area (Å²) in [5.41, 5.74) is 1.99. The number of anilines is 1. The van der Waals surface area contributed by atoms with Gasteiger partial charge in [0.05, 0.1) is 14.2 Å². The average Bonchev–Trinajstić information content (AvgIpc) is 3.51. The fraction of sp³-hybridized carbons (Fsp3) is 0.462. The molecule has 3 heterocycles. The standard InChI is InChI=1S/C26H31N5O5/c1-17(24(32)31-14-12-26(10-11-26)13-15-31)27-25-30-29-23(36-25)20-8-9-21(34-3)28-22(20)35-16-18-4-6-19(33-2)7-5-18/h4-9,17H,10-16H2,1-3H3,(H,27,30)/t17-/m0/s1. The summed E-state index contributed by atoms with van der Waals surface area (Å²) >= 11 is 0. The lowest BCUT2D eigenvalue weighted by Crippen LogP contribution is -2.45. The molecule has 1 aliphatic carbocycles. The number of carbonyl (C=O) groups is 1. The predicted molar refractivity (Wildman–Crippen MR) is 132 cm³/mol. The number of aromatic nitrogens is 3. The van der Waals surface area contributed by atoms with Gasteiger partial charge in [0.1, 0.15) is 24.0 Å². The van der Waals surface area contributed by atoms with Crippen molar-refractivity contribution in [1.82, 2.24) is 20.1 Å². The van der Waals surface area contributed by atoms with Crippen LogP contribution in [0.2, 0.25) is 0 Å². The van der Waals surface area contributed by atoms with E-state index in [4.69, 9.17) is 18.6 Å². The van der Waals surface area contributed by atoms with Crippen molar-refractivity contribution in [2.75, 3.05) is 32.6 Å². The van der Waals surface area contributed by atoms with Crippen LogP contribution >= 0.6 is 0 Å². The number of nitrogens with zero attached hydrogens (tertiary/aromatic N) is 4. The van der Waals surface area contributed by atoms with E-state index < -0.39 is 6.04 Å². The van der Waals surface area contributed by atoms with E-state index in [1.54, 1.807) is 19.2 Å². The SMILES string of the molecule is COc1ccc(COc2nc(OC)ccc2-c2nnc(N[C@@H](C)C(=O)N3CCC4(CC3)CC4)o2)cc1. The number of likely N-dealkylation sites (tertiary alicyclic amines) is 1. The Morgan fingerprint density at radius 3 is 2.47 bits per heavy atom. The molecule has 10 nitrogen and oxygen atoms in total. The van der Waals surface area contributed by atoms with Gasteiger partial charge >= 0.3 is 6.01 Å². The lowest BCUT2D eigenvalue weighted by atomic mass is 9.93. The van der Waals surface area contributed by atoms with Crippen LogP contribution in [0.15, 0.2) is 40.8 Å². The number of ether oxygens (including phenoxy) is 3. The summed E-state index contributed by atoms with van der Waals surface area (Å²) in [7, 11) is 3.16. The molecule has 36 heavy (non-hydrogen) atoms. The highest BCUT2D eigenvalue weighted by atomic mass is 16.5. The molecule has 5 rings (SSSR count). The highest BCUT2D eigenvalue weighted by molar-refractivity contribution is 5.83. The summed E-state index contributed by atoms with van der Waals surface area (Å²) in [5, 5.41) is 11.3. The summed E-state index contributed by atoms with van der Waals surface area (Å²) in [5.74, 6) is 1.73. The molecule has 0 unspecified atom stereocenters. The first-order valence-electron chi connectivity index (χ1n) is 12.2. The van der Waals surface area contributed by atoms with Crippen LogP contribution in [0.25, 0.3) is 11.5 Å². The van der Waals surface area contributed by atoms with Gasteiger partial charge < -0.3 is 28.8 Å². The highest BCUT2D eigenvalue weighted by Crippen LogP contribution is 2.53. The molecule has 3 aromatic rings. The maximum atomic E-state index is 12.9. The smallest absolute Gasteiger partial charge is 0.316 e. The largest absolute Gasteiger partial charge is 0.497 e. The number of rotatable bonds is 9. The number of hydrogen-bond donors (Lipinski definition) is 1. The normalized spacial score (nSPS) is 16.9. The van der Waals surface area contributed by atoms with Crippen molar-refractivity contribution in [2.45, 2.75) is 45.3 Å². The van der Waals surface area contributed by atoms with Gasteiger partial charge in [0.2, 0.25) is 17.7 Å². The van der Waals surface area contributed by atoms with Gasteiger partial charge in [0, 0.05) is 19.2 Å². The molecule has 1 saturated heterocycles. The van der Waals surface area contributed by atoms with Crippen molar-refractivity contribution in [3.63, 3.8) is 0 Å². The molecule has 1 N–H and O–H groups in total. The number of pyridine rings is 1. The molecule has 1 saturated carbocycles. The first-order valence-corrected chi connectivity index (χ1v) is 12.2. The quantitative estimate of drug-likeness (QED) is 0.474. The number of hydrogen-bond acceptors (Lipinski definition) is 9. The van der Waals surface area contributed by atoms with Crippen molar-refractivity contribution < 1.29 is 23.4 Å². The Labute approximate surface area is 210 Å². The molecular weight excluding hydrogens is 462 g/mol. The minimum atomic E-state index is -0.480. The Hall–Kier alpha value is -3.82. The second-order valence-corrected chi connectivity index (χ2v) is 9.45. The average molecular weight is 494 g/mol. The fourth-order valence-corrected chi connectivity index (χ4v) is 4.47. The van der Waals surface area contributed by atoms with Gasteiger partial charge in [-0.15, -0.1) is 5.10 Å². The monoisotopic (exact) mass is 493 g/mol. The molecule has 10 heteroatoms. The minimum absolute atomic E-state index is 0.0416. The topological polar surface area (TPSA) is 112 Å². The molecular formula is C26H31N5O5. The zero-order valence-corrected chi connectivity index (χ0v) is 20.8. The van der Waals surface area contributed by atoms with E-state index in [2.05, 4.69) is 20.5 Å². The third-order valence-electron chi connectivity index (χ3n) is 7.04. The van der Waals surface area contributed by atoms with Gasteiger partial charge in [-0.2, -0.15) is 4.98 Å². The molecule has 0 radical (unpaired) electrons. The summed E-state index contributed by atoms with van der Waals surface area (Å²) in [6.45, 7) is 3.71. The Bertz CT molecular complexity index is 1200. The van der Waals surface area contributed by atoms with Crippen molar-refractivity contribution in [2.24, 2.45) is 5.41 Å². The summed E-state index contributed by atoms with van der Waals surface area (Å²) in [4.78, 5) is 19.3. The lowest BCUT2D eigenvalue weighted by Gasteiger charge is -2.33. The number of nitrogens with one attached hydrogen (secondary N) is 1. The molecule has 1 spiro atoms.